The maximum atomic E-state index is 11.0. The second kappa shape index (κ2) is 7.26. The number of hydrogen-bond acceptors (Lipinski definition) is 4. The van der Waals surface area contributed by atoms with Crippen molar-refractivity contribution in [3.05, 3.63) is 42.6 Å². The van der Waals surface area contributed by atoms with Crippen LogP contribution in [0.1, 0.15) is 25.3 Å². The highest BCUT2D eigenvalue weighted by Crippen LogP contribution is 2.21. The van der Waals surface area contributed by atoms with Crippen LogP contribution in [-0.2, 0) is 11.3 Å². The van der Waals surface area contributed by atoms with Gasteiger partial charge in [-0.05, 0) is 30.4 Å². The van der Waals surface area contributed by atoms with E-state index in [1.807, 2.05) is 23.3 Å². The van der Waals surface area contributed by atoms with E-state index < -0.39 is 0 Å². The van der Waals surface area contributed by atoms with E-state index in [2.05, 4.69) is 32.3 Å². The molecule has 0 radical (unpaired) electrons. The van der Waals surface area contributed by atoms with Gasteiger partial charge in [0.05, 0.1) is 6.33 Å². The van der Waals surface area contributed by atoms with E-state index in [4.69, 9.17) is 0 Å². The number of nitrogens with zero attached hydrogens (tertiary/aromatic N) is 4. The Balaban J connectivity index is 1.51. The third-order valence-corrected chi connectivity index (χ3v) is 4.31. The van der Waals surface area contributed by atoms with Crippen LogP contribution < -0.4 is 10.2 Å². The van der Waals surface area contributed by atoms with Crippen molar-refractivity contribution < 1.29 is 4.79 Å². The smallest absolute Gasteiger partial charge is 0.216 e. The summed E-state index contributed by atoms with van der Waals surface area (Å²) in [5, 5.41) is 2.92. The third kappa shape index (κ3) is 4.31. The van der Waals surface area contributed by atoms with Gasteiger partial charge in [0.15, 0.2) is 0 Å². The molecular weight excluding hydrogens is 290 g/mol. The van der Waals surface area contributed by atoms with E-state index >= 15 is 0 Å². The van der Waals surface area contributed by atoms with Crippen molar-refractivity contribution in [3.8, 4) is 0 Å². The quantitative estimate of drug-likeness (QED) is 0.912. The number of hydrogen-bond donors (Lipinski definition) is 1. The third-order valence-electron chi connectivity index (χ3n) is 4.31. The molecule has 2 aromatic heterocycles. The van der Waals surface area contributed by atoms with Gasteiger partial charge in [0.2, 0.25) is 5.91 Å². The van der Waals surface area contributed by atoms with Gasteiger partial charge >= 0.3 is 0 Å². The highest BCUT2D eigenvalue weighted by molar-refractivity contribution is 5.72. The molecule has 0 saturated carbocycles. The summed E-state index contributed by atoms with van der Waals surface area (Å²) < 4.78 is 2.03. The van der Waals surface area contributed by atoms with Crippen molar-refractivity contribution in [1.29, 1.82) is 0 Å². The minimum Gasteiger partial charge on any atom is -0.357 e. The van der Waals surface area contributed by atoms with Gasteiger partial charge in [-0.25, -0.2) is 9.97 Å². The second-order valence-corrected chi connectivity index (χ2v) is 6.13. The van der Waals surface area contributed by atoms with E-state index in [1.54, 1.807) is 13.1 Å². The number of amides is 1. The molecule has 0 spiro atoms. The van der Waals surface area contributed by atoms with Crippen LogP contribution in [-0.4, -0.2) is 40.1 Å². The van der Waals surface area contributed by atoms with Gasteiger partial charge in [-0.1, -0.05) is 6.07 Å². The Morgan fingerprint density at radius 3 is 2.78 bits per heavy atom. The largest absolute Gasteiger partial charge is 0.357 e. The molecule has 1 fully saturated rings. The molecule has 6 nitrogen and oxygen atoms in total. The Morgan fingerprint density at radius 1 is 1.35 bits per heavy atom. The van der Waals surface area contributed by atoms with Crippen molar-refractivity contribution in [2.75, 3.05) is 24.5 Å². The van der Waals surface area contributed by atoms with E-state index in [0.29, 0.717) is 5.92 Å². The summed E-state index contributed by atoms with van der Waals surface area (Å²) in [5.41, 5.74) is 1.17. The van der Waals surface area contributed by atoms with Crippen molar-refractivity contribution >= 4 is 11.7 Å². The molecule has 0 atom stereocenters. The summed E-state index contributed by atoms with van der Waals surface area (Å²) in [6, 6.07) is 4.23. The number of imidazole rings is 1. The topological polar surface area (TPSA) is 63.1 Å². The first-order chi connectivity index (χ1) is 11.2. The van der Waals surface area contributed by atoms with Crippen LogP contribution in [0.3, 0.4) is 0 Å². The van der Waals surface area contributed by atoms with Gasteiger partial charge in [-0.2, -0.15) is 0 Å². The van der Waals surface area contributed by atoms with E-state index in [0.717, 1.165) is 44.8 Å². The van der Waals surface area contributed by atoms with Gasteiger partial charge in [-0.3, -0.25) is 4.79 Å². The fourth-order valence-corrected chi connectivity index (χ4v) is 2.94. The molecule has 0 unspecified atom stereocenters. The van der Waals surface area contributed by atoms with E-state index in [-0.39, 0.29) is 5.91 Å². The van der Waals surface area contributed by atoms with Crippen LogP contribution in [0.15, 0.2) is 37.1 Å². The zero-order valence-corrected chi connectivity index (χ0v) is 13.5. The summed E-state index contributed by atoms with van der Waals surface area (Å²) in [5.74, 6) is 1.68. The minimum absolute atomic E-state index is 0.0579. The molecule has 0 bridgehead atoms. The van der Waals surface area contributed by atoms with Crippen LogP contribution in [0.25, 0.3) is 0 Å². The Labute approximate surface area is 136 Å². The van der Waals surface area contributed by atoms with Gasteiger partial charge < -0.3 is 14.8 Å². The summed E-state index contributed by atoms with van der Waals surface area (Å²) in [4.78, 5) is 22.0. The standard InChI is InChI=1S/C17H23N5O/c1-14(23)19-10-15-4-7-22(8-5-15)17-3-2-16(11-20-17)12-21-9-6-18-13-21/h2-3,6,9,11,13,15H,4-5,7-8,10,12H2,1H3,(H,19,23). The number of carbonyl (C=O) groups excluding carboxylic acids is 1. The van der Waals surface area contributed by atoms with Gasteiger partial charge in [0.1, 0.15) is 5.82 Å². The first-order valence-electron chi connectivity index (χ1n) is 8.11. The molecule has 1 saturated heterocycles. The molecule has 0 aromatic carbocycles. The summed E-state index contributed by atoms with van der Waals surface area (Å²) in [7, 11) is 0. The van der Waals surface area contributed by atoms with Crippen molar-refractivity contribution in [2.45, 2.75) is 26.3 Å². The summed E-state index contributed by atoms with van der Waals surface area (Å²) in [6.45, 7) is 5.16. The van der Waals surface area contributed by atoms with Crippen LogP contribution in [0.4, 0.5) is 5.82 Å². The van der Waals surface area contributed by atoms with E-state index in [1.165, 1.54) is 5.56 Å². The zero-order chi connectivity index (χ0) is 16.1. The molecule has 3 heterocycles. The average molecular weight is 313 g/mol. The number of pyridine rings is 1. The lowest BCUT2D eigenvalue weighted by molar-refractivity contribution is -0.119. The molecular formula is C17H23N5O. The number of aromatic nitrogens is 3. The van der Waals surface area contributed by atoms with Crippen molar-refractivity contribution in [1.82, 2.24) is 19.9 Å². The normalized spacial score (nSPS) is 15.6. The Morgan fingerprint density at radius 2 is 2.17 bits per heavy atom. The Kier molecular flexibility index (Phi) is 4.90. The number of carbonyl (C=O) groups is 1. The second-order valence-electron chi connectivity index (χ2n) is 6.13. The predicted octanol–water partition coefficient (Wildman–Crippen LogP) is 1.68. The molecule has 23 heavy (non-hydrogen) atoms. The Bertz CT molecular complexity index is 615. The SMILES string of the molecule is CC(=O)NCC1CCN(c2ccc(Cn3ccnc3)cn2)CC1. The fourth-order valence-electron chi connectivity index (χ4n) is 2.94. The molecule has 2 aromatic rings. The number of rotatable bonds is 5. The Hall–Kier alpha value is -2.37. The van der Waals surface area contributed by atoms with Gasteiger partial charge in [0, 0.05) is 51.7 Å². The van der Waals surface area contributed by atoms with Crippen LogP contribution in [0.2, 0.25) is 0 Å². The van der Waals surface area contributed by atoms with Crippen molar-refractivity contribution in [3.63, 3.8) is 0 Å². The number of anilines is 1. The molecule has 122 valence electrons. The lowest BCUT2D eigenvalue weighted by Crippen LogP contribution is -2.38. The summed E-state index contributed by atoms with van der Waals surface area (Å²) in [6.07, 6.45) is 9.69. The van der Waals surface area contributed by atoms with Crippen LogP contribution in [0.5, 0.6) is 0 Å². The molecule has 1 N–H and O–H groups in total. The lowest BCUT2D eigenvalue weighted by Gasteiger charge is -2.32. The molecule has 1 aliphatic rings. The molecule has 1 amide bonds. The van der Waals surface area contributed by atoms with Crippen molar-refractivity contribution in [2.24, 2.45) is 5.92 Å². The first-order valence-corrected chi connectivity index (χ1v) is 8.11. The predicted molar refractivity (Wildman–Crippen MR) is 89.2 cm³/mol. The minimum atomic E-state index is 0.0579. The highest BCUT2D eigenvalue weighted by atomic mass is 16.1. The summed E-state index contributed by atoms with van der Waals surface area (Å²) >= 11 is 0. The number of nitrogens with one attached hydrogen (secondary N) is 1. The first kappa shape index (κ1) is 15.5. The lowest BCUT2D eigenvalue weighted by atomic mass is 9.97. The maximum absolute atomic E-state index is 11.0. The molecule has 1 aliphatic heterocycles. The molecule has 6 heteroatoms. The molecule has 3 rings (SSSR count). The monoisotopic (exact) mass is 313 g/mol. The van der Waals surface area contributed by atoms with Gasteiger partial charge in [-0.15, -0.1) is 0 Å². The number of piperidine rings is 1. The van der Waals surface area contributed by atoms with E-state index in [9.17, 15) is 4.79 Å². The average Bonchev–Trinajstić information content (AvgIpc) is 3.07. The van der Waals surface area contributed by atoms with Crippen LogP contribution >= 0.6 is 0 Å². The molecule has 0 aliphatic carbocycles. The maximum Gasteiger partial charge on any atom is 0.216 e. The van der Waals surface area contributed by atoms with Gasteiger partial charge in [0.25, 0.3) is 0 Å². The highest BCUT2D eigenvalue weighted by Gasteiger charge is 2.20. The fraction of sp³-hybridized carbons (Fsp3) is 0.471. The van der Waals surface area contributed by atoms with Crippen LogP contribution in [0, 0.1) is 5.92 Å². The zero-order valence-electron chi connectivity index (χ0n) is 13.5.